The molecule has 2 aromatic carbocycles. The molecule has 3 aromatic rings. The summed E-state index contributed by atoms with van der Waals surface area (Å²) < 4.78 is 10.9. The number of pyridine rings is 1. The summed E-state index contributed by atoms with van der Waals surface area (Å²) in [4.78, 5) is 17.5. The lowest BCUT2D eigenvalue weighted by atomic mass is 10.2. The molecule has 0 atom stereocenters. The molecule has 0 radical (unpaired) electrons. The molecule has 4 nitrogen and oxygen atoms in total. The van der Waals surface area contributed by atoms with Gasteiger partial charge in [-0.15, -0.1) is 11.8 Å². The first-order valence-electron chi connectivity index (χ1n) is 8.53. The number of esters is 1. The Balaban J connectivity index is 1.54. The summed E-state index contributed by atoms with van der Waals surface area (Å²) in [6, 6.07) is 15.6. The average Bonchev–Trinajstić information content (AvgIpc) is 2.66. The minimum Gasteiger partial charge on any atom is -0.493 e. The van der Waals surface area contributed by atoms with E-state index in [2.05, 4.69) is 4.98 Å². The molecular weight excluding hydrogens is 382 g/mol. The third-order valence-electron chi connectivity index (χ3n) is 4.00. The summed E-state index contributed by atoms with van der Waals surface area (Å²) >= 11 is 7.90. The Hall–Kier alpha value is -2.24. The number of halogens is 1. The van der Waals surface area contributed by atoms with Crippen LogP contribution in [0.2, 0.25) is 5.15 Å². The van der Waals surface area contributed by atoms with Gasteiger partial charge in [-0.25, -0.2) is 4.98 Å². The van der Waals surface area contributed by atoms with Crippen molar-refractivity contribution in [2.24, 2.45) is 0 Å². The molecular formula is C21H20ClNO3S. The van der Waals surface area contributed by atoms with E-state index < -0.39 is 0 Å². The van der Waals surface area contributed by atoms with Crippen molar-refractivity contribution in [3.63, 3.8) is 0 Å². The fourth-order valence-corrected chi connectivity index (χ4v) is 3.22. The normalized spacial score (nSPS) is 10.8. The van der Waals surface area contributed by atoms with Crippen molar-refractivity contribution in [2.75, 3.05) is 12.9 Å². The van der Waals surface area contributed by atoms with E-state index in [9.17, 15) is 4.79 Å². The van der Waals surface area contributed by atoms with E-state index in [1.54, 1.807) is 11.8 Å². The van der Waals surface area contributed by atoms with E-state index in [4.69, 9.17) is 21.1 Å². The molecule has 27 heavy (non-hydrogen) atoms. The Morgan fingerprint density at radius 2 is 2.04 bits per heavy atom. The van der Waals surface area contributed by atoms with Gasteiger partial charge in [-0.05, 0) is 49.1 Å². The van der Waals surface area contributed by atoms with Crippen LogP contribution in [0, 0.1) is 6.92 Å². The van der Waals surface area contributed by atoms with Crippen LogP contribution in [0.4, 0.5) is 0 Å². The fraction of sp³-hybridized carbons (Fsp3) is 0.238. The van der Waals surface area contributed by atoms with Gasteiger partial charge in [0, 0.05) is 15.8 Å². The zero-order valence-corrected chi connectivity index (χ0v) is 16.8. The van der Waals surface area contributed by atoms with E-state index in [0.29, 0.717) is 10.7 Å². The minimum absolute atomic E-state index is 0.0926. The van der Waals surface area contributed by atoms with Gasteiger partial charge < -0.3 is 9.47 Å². The maximum Gasteiger partial charge on any atom is 0.309 e. The highest BCUT2D eigenvalue weighted by Gasteiger charge is 2.10. The van der Waals surface area contributed by atoms with Gasteiger partial charge in [-0.3, -0.25) is 4.79 Å². The summed E-state index contributed by atoms with van der Waals surface area (Å²) in [5.41, 5.74) is 2.63. The van der Waals surface area contributed by atoms with Gasteiger partial charge in [-0.2, -0.15) is 0 Å². The number of nitrogens with zero attached hydrogens (tertiary/aromatic N) is 1. The summed E-state index contributed by atoms with van der Waals surface area (Å²) in [5.74, 6) is 0.408. The van der Waals surface area contributed by atoms with Crippen LogP contribution in [0.1, 0.15) is 17.5 Å². The van der Waals surface area contributed by atoms with Crippen LogP contribution in [0.15, 0.2) is 53.4 Å². The number of rotatable bonds is 7. The largest absolute Gasteiger partial charge is 0.493 e. The lowest BCUT2D eigenvalue weighted by Crippen LogP contribution is -2.10. The van der Waals surface area contributed by atoms with Crippen LogP contribution in [0.3, 0.4) is 0 Å². The Labute approximate surface area is 167 Å². The van der Waals surface area contributed by atoms with Crippen LogP contribution >= 0.6 is 23.4 Å². The van der Waals surface area contributed by atoms with E-state index >= 15 is 0 Å². The van der Waals surface area contributed by atoms with Crippen molar-refractivity contribution >= 4 is 40.2 Å². The number of hydrogen-bond acceptors (Lipinski definition) is 5. The molecule has 3 rings (SSSR count). The number of aryl methyl sites for hydroxylation is 1. The number of aromatic nitrogens is 1. The number of thioether (sulfide) groups is 1. The standard InChI is InChI=1S/C21H20ClNO3S/c1-14-4-3-5-17(10-14)25-9-8-20(24)26-13-16-11-15-6-7-18(27-2)12-19(15)23-21(16)22/h3-7,10-12H,8-9,13H2,1-2H3. The van der Waals surface area contributed by atoms with Gasteiger partial charge >= 0.3 is 5.97 Å². The topological polar surface area (TPSA) is 48.4 Å². The molecule has 0 N–H and O–H groups in total. The van der Waals surface area contributed by atoms with Crippen LogP contribution in [0.5, 0.6) is 5.75 Å². The van der Waals surface area contributed by atoms with Gasteiger partial charge in [0.15, 0.2) is 0 Å². The first-order valence-corrected chi connectivity index (χ1v) is 10.1. The van der Waals surface area contributed by atoms with Crippen molar-refractivity contribution < 1.29 is 14.3 Å². The zero-order chi connectivity index (χ0) is 19.2. The maximum atomic E-state index is 12.0. The van der Waals surface area contributed by atoms with Crippen molar-refractivity contribution in [3.05, 3.63) is 64.8 Å². The number of carbonyl (C=O) groups excluding carboxylic acids is 1. The summed E-state index contributed by atoms with van der Waals surface area (Å²) in [7, 11) is 0. The second kappa shape index (κ2) is 9.11. The third-order valence-corrected chi connectivity index (χ3v) is 5.06. The minimum atomic E-state index is -0.337. The lowest BCUT2D eigenvalue weighted by molar-refractivity contribution is -0.145. The lowest BCUT2D eigenvalue weighted by Gasteiger charge is -2.09. The van der Waals surface area contributed by atoms with Crippen LogP contribution in [-0.4, -0.2) is 23.8 Å². The number of benzene rings is 2. The molecule has 0 aliphatic carbocycles. The van der Waals surface area contributed by atoms with Crippen LogP contribution < -0.4 is 4.74 Å². The summed E-state index contributed by atoms with van der Waals surface area (Å²) in [6.45, 7) is 2.35. The molecule has 0 fully saturated rings. The highest BCUT2D eigenvalue weighted by atomic mass is 35.5. The summed E-state index contributed by atoms with van der Waals surface area (Å²) in [5, 5.41) is 1.32. The molecule has 0 spiro atoms. The SMILES string of the molecule is CSc1ccc2cc(COC(=O)CCOc3cccc(C)c3)c(Cl)nc2c1. The molecule has 1 aromatic heterocycles. The highest BCUT2D eigenvalue weighted by Crippen LogP contribution is 2.25. The predicted octanol–water partition coefficient (Wildman–Crippen LogP) is 5.43. The Morgan fingerprint density at radius 1 is 1.19 bits per heavy atom. The number of hydrogen-bond donors (Lipinski definition) is 0. The Kier molecular flexibility index (Phi) is 6.58. The van der Waals surface area contributed by atoms with Gasteiger partial charge in [0.25, 0.3) is 0 Å². The molecule has 0 aliphatic rings. The van der Waals surface area contributed by atoms with E-state index in [1.807, 2.05) is 61.7 Å². The van der Waals surface area contributed by atoms with Crippen molar-refractivity contribution in [1.82, 2.24) is 4.98 Å². The van der Waals surface area contributed by atoms with Crippen molar-refractivity contribution in [2.45, 2.75) is 24.8 Å². The molecule has 0 unspecified atom stereocenters. The van der Waals surface area contributed by atoms with E-state index in [1.165, 1.54) is 0 Å². The molecule has 0 amide bonds. The monoisotopic (exact) mass is 401 g/mol. The molecule has 1 heterocycles. The molecule has 0 bridgehead atoms. The highest BCUT2D eigenvalue weighted by molar-refractivity contribution is 7.98. The zero-order valence-electron chi connectivity index (χ0n) is 15.2. The smallest absolute Gasteiger partial charge is 0.309 e. The van der Waals surface area contributed by atoms with Gasteiger partial charge in [0.05, 0.1) is 18.5 Å². The van der Waals surface area contributed by atoms with E-state index in [-0.39, 0.29) is 25.6 Å². The molecule has 0 aliphatic heterocycles. The van der Waals surface area contributed by atoms with Crippen LogP contribution in [0.25, 0.3) is 10.9 Å². The van der Waals surface area contributed by atoms with Crippen molar-refractivity contribution in [1.29, 1.82) is 0 Å². The first kappa shape index (κ1) is 19.5. The Morgan fingerprint density at radius 3 is 2.81 bits per heavy atom. The predicted molar refractivity (Wildman–Crippen MR) is 110 cm³/mol. The molecule has 6 heteroatoms. The number of carbonyl (C=O) groups is 1. The first-order chi connectivity index (χ1) is 13.0. The van der Waals surface area contributed by atoms with Crippen LogP contribution in [-0.2, 0) is 16.1 Å². The van der Waals surface area contributed by atoms with Crippen molar-refractivity contribution in [3.8, 4) is 5.75 Å². The van der Waals surface area contributed by atoms with E-state index in [0.717, 1.165) is 27.1 Å². The summed E-state index contributed by atoms with van der Waals surface area (Å²) in [6.07, 6.45) is 2.18. The fourth-order valence-electron chi connectivity index (χ4n) is 2.58. The van der Waals surface area contributed by atoms with Gasteiger partial charge in [0.1, 0.15) is 17.5 Å². The number of fused-ring (bicyclic) bond motifs is 1. The average molecular weight is 402 g/mol. The third kappa shape index (κ3) is 5.37. The Bertz CT molecular complexity index is 961. The molecule has 140 valence electrons. The molecule has 0 saturated heterocycles. The maximum absolute atomic E-state index is 12.0. The van der Waals surface area contributed by atoms with Gasteiger partial charge in [0.2, 0.25) is 0 Å². The quantitative estimate of drug-likeness (QED) is 0.300. The van der Waals surface area contributed by atoms with Gasteiger partial charge in [-0.1, -0.05) is 29.8 Å². The number of ether oxygens (including phenoxy) is 2. The second-order valence-electron chi connectivity index (χ2n) is 6.07. The second-order valence-corrected chi connectivity index (χ2v) is 7.31. The molecule has 0 saturated carbocycles.